The first-order valence-corrected chi connectivity index (χ1v) is 8.06. The van der Waals surface area contributed by atoms with E-state index in [1.807, 2.05) is 0 Å². The zero-order chi connectivity index (χ0) is 14.3. The summed E-state index contributed by atoms with van der Waals surface area (Å²) in [5.41, 5.74) is 0. The fraction of sp³-hybridized carbons (Fsp3) is 0.938. The fourth-order valence-corrected chi connectivity index (χ4v) is 2.94. The van der Waals surface area contributed by atoms with Crippen molar-refractivity contribution in [2.45, 2.75) is 53.4 Å². The quantitative estimate of drug-likeness (QED) is 0.770. The van der Waals surface area contributed by atoms with E-state index >= 15 is 0 Å². The van der Waals surface area contributed by atoms with Gasteiger partial charge in [-0.05, 0) is 43.7 Å². The Kier molecular flexibility index (Phi) is 7.44. The minimum atomic E-state index is 0.377. The van der Waals surface area contributed by atoms with Crippen molar-refractivity contribution in [3.63, 3.8) is 0 Å². The molecule has 0 aromatic rings. The van der Waals surface area contributed by atoms with E-state index in [-0.39, 0.29) is 0 Å². The minimum Gasteiger partial charge on any atom is -0.343 e. The molecule has 0 radical (unpaired) electrons. The lowest BCUT2D eigenvalue weighted by molar-refractivity contribution is -0.134. The molecule has 0 aromatic heterocycles. The van der Waals surface area contributed by atoms with Crippen molar-refractivity contribution >= 4 is 5.91 Å². The lowest BCUT2D eigenvalue weighted by Crippen LogP contribution is -2.41. The van der Waals surface area contributed by atoms with Gasteiger partial charge in [0.05, 0.1) is 0 Å². The molecule has 112 valence electrons. The standard InChI is InChI=1S/C16H32N2O/c1-5-15(13(3)4)11-16(19)18-9-7-14(8-10-18)12-17-6-2/h13-15,17H,5-12H2,1-4H3. The van der Waals surface area contributed by atoms with Crippen LogP contribution >= 0.6 is 0 Å². The molecule has 0 aliphatic carbocycles. The molecule has 1 fully saturated rings. The van der Waals surface area contributed by atoms with Gasteiger partial charge in [0, 0.05) is 19.5 Å². The molecule has 1 aliphatic rings. The summed E-state index contributed by atoms with van der Waals surface area (Å²) in [6, 6.07) is 0. The number of rotatable bonds is 7. The Hall–Kier alpha value is -0.570. The molecule has 1 atom stereocenters. The van der Waals surface area contributed by atoms with Crippen LogP contribution in [-0.4, -0.2) is 37.0 Å². The highest BCUT2D eigenvalue weighted by atomic mass is 16.2. The third-order valence-corrected chi connectivity index (χ3v) is 4.55. The number of nitrogens with one attached hydrogen (secondary N) is 1. The van der Waals surface area contributed by atoms with Crippen LogP contribution in [0, 0.1) is 17.8 Å². The molecule has 3 heteroatoms. The summed E-state index contributed by atoms with van der Waals surface area (Å²) >= 11 is 0. The average Bonchev–Trinajstić information content (AvgIpc) is 2.42. The van der Waals surface area contributed by atoms with Crippen LogP contribution in [0.4, 0.5) is 0 Å². The van der Waals surface area contributed by atoms with E-state index in [1.165, 1.54) is 0 Å². The van der Waals surface area contributed by atoms with Crippen LogP contribution in [0.25, 0.3) is 0 Å². The molecular weight excluding hydrogens is 236 g/mol. The van der Waals surface area contributed by atoms with Gasteiger partial charge in [0.2, 0.25) is 5.91 Å². The van der Waals surface area contributed by atoms with E-state index in [2.05, 4.69) is 37.9 Å². The molecular formula is C16H32N2O. The Balaban J connectivity index is 2.32. The number of nitrogens with zero attached hydrogens (tertiary/aromatic N) is 1. The van der Waals surface area contributed by atoms with Crippen molar-refractivity contribution in [2.24, 2.45) is 17.8 Å². The summed E-state index contributed by atoms with van der Waals surface area (Å²) < 4.78 is 0. The van der Waals surface area contributed by atoms with Crippen molar-refractivity contribution < 1.29 is 4.79 Å². The summed E-state index contributed by atoms with van der Waals surface area (Å²) in [6.45, 7) is 12.9. The van der Waals surface area contributed by atoms with E-state index in [4.69, 9.17) is 0 Å². The largest absolute Gasteiger partial charge is 0.343 e. The molecule has 0 bridgehead atoms. The maximum atomic E-state index is 12.3. The number of amides is 1. The zero-order valence-corrected chi connectivity index (χ0v) is 13.2. The van der Waals surface area contributed by atoms with Gasteiger partial charge in [-0.25, -0.2) is 0 Å². The third kappa shape index (κ3) is 5.52. The lowest BCUT2D eigenvalue weighted by Gasteiger charge is -2.33. The van der Waals surface area contributed by atoms with Crippen LogP contribution in [0.3, 0.4) is 0 Å². The van der Waals surface area contributed by atoms with Gasteiger partial charge in [-0.1, -0.05) is 34.1 Å². The second kappa shape index (κ2) is 8.57. The van der Waals surface area contributed by atoms with E-state index in [0.717, 1.165) is 57.8 Å². The fourth-order valence-electron chi connectivity index (χ4n) is 2.94. The molecule has 1 N–H and O–H groups in total. The first-order valence-electron chi connectivity index (χ1n) is 8.06. The first kappa shape index (κ1) is 16.5. The van der Waals surface area contributed by atoms with Crippen molar-refractivity contribution in [3.8, 4) is 0 Å². The molecule has 0 aromatic carbocycles. The SMILES string of the molecule is CCNCC1CCN(C(=O)CC(CC)C(C)C)CC1. The highest BCUT2D eigenvalue weighted by molar-refractivity contribution is 5.76. The van der Waals surface area contributed by atoms with Gasteiger partial charge >= 0.3 is 0 Å². The Bertz CT molecular complexity index is 257. The summed E-state index contributed by atoms with van der Waals surface area (Å²) in [6.07, 6.45) is 4.18. The Morgan fingerprint density at radius 1 is 1.26 bits per heavy atom. The maximum absolute atomic E-state index is 12.3. The molecule has 1 unspecified atom stereocenters. The third-order valence-electron chi connectivity index (χ3n) is 4.55. The highest BCUT2D eigenvalue weighted by Gasteiger charge is 2.24. The molecule has 3 nitrogen and oxygen atoms in total. The van der Waals surface area contributed by atoms with E-state index < -0.39 is 0 Å². The topological polar surface area (TPSA) is 32.3 Å². The predicted octanol–water partition coefficient (Wildman–Crippen LogP) is 2.91. The Morgan fingerprint density at radius 3 is 2.37 bits per heavy atom. The van der Waals surface area contributed by atoms with Crippen LogP contribution in [0.2, 0.25) is 0 Å². The van der Waals surface area contributed by atoms with Gasteiger partial charge in [0.15, 0.2) is 0 Å². The number of hydrogen-bond donors (Lipinski definition) is 1. The van der Waals surface area contributed by atoms with Gasteiger partial charge in [0.1, 0.15) is 0 Å². The molecule has 1 heterocycles. The van der Waals surface area contributed by atoms with Crippen molar-refractivity contribution in [3.05, 3.63) is 0 Å². The van der Waals surface area contributed by atoms with Gasteiger partial charge in [-0.3, -0.25) is 4.79 Å². The second-order valence-corrected chi connectivity index (χ2v) is 6.25. The van der Waals surface area contributed by atoms with E-state index in [9.17, 15) is 4.79 Å². The normalized spacial score (nSPS) is 18.9. The van der Waals surface area contributed by atoms with Crippen LogP contribution < -0.4 is 5.32 Å². The molecule has 0 saturated carbocycles. The smallest absolute Gasteiger partial charge is 0.222 e. The van der Waals surface area contributed by atoms with Crippen molar-refractivity contribution in [1.82, 2.24) is 10.2 Å². The summed E-state index contributed by atoms with van der Waals surface area (Å²) in [5, 5.41) is 3.41. The minimum absolute atomic E-state index is 0.377. The predicted molar refractivity (Wildman–Crippen MR) is 81.1 cm³/mol. The molecule has 1 saturated heterocycles. The summed E-state index contributed by atoms with van der Waals surface area (Å²) in [5.74, 6) is 2.30. The molecule has 1 amide bonds. The van der Waals surface area contributed by atoms with E-state index in [1.54, 1.807) is 0 Å². The Labute approximate surface area is 119 Å². The van der Waals surface area contributed by atoms with Crippen LogP contribution in [0.1, 0.15) is 53.4 Å². The number of carbonyl (C=O) groups is 1. The average molecular weight is 268 g/mol. The number of likely N-dealkylation sites (tertiary alicyclic amines) is 1. The number of piperidine rings is 1. The van der Waals surface area contributed by atoms with Gasteiger partial charge < -0.3 is 10.2 Å². The van der Waals surface area contributed by atoms with Gasteiger partial charge in [-0.2, -0.15) is 0 Å². The molecule has 1 aliphatic heterocycles. The van der Waals surface area contributed by atoms with Gasteiger partial charge in [-0.15, -0.1) is 0 Å². The van der Waals surface area contributed by atoms with Crippen LogP contribution in [0.5, 0.6) is 0 Å². The summed E-state index contributed by atoms with van der Waals surface area (Å²) in [4.78, 5) is 14.4. The first-order chi connectivity index (χ1) is 9.08. The maximum Gasteiger partial charge on any atom is 0.222 e. The number of hydrogen-bond acceptors (Lipinski definition) is 2. The second-order valence-electron chi connectivity index (χ2n) is 6.25. The molecule has 1 rings (SSSR count). The van der Waals surface area contributed by atoms with Crippen molar-refractivity contribution in [2.75, 3.05) is 26.2 Å². The molecule has 0 spiro atoms. The zero-order valence-electron chi connectivity index (χ0n) is 13.2. The van der Waals surface area contributed by atoms with Crippen molar-refractivity contribution in [1.29, 1.82) is 0 Å². The summed E-state index contributed by atoms with van der Waals surface area (Å²) in [7, 11) is 0. The van der Waals surface area contributed by atoms with E-state index in [0.29, 0.717) is 17.7 Å². The highest BCUT2D eigenvalue weighted by Crippen LogP contribution is 2.22. The molecule has 19 heavy (non-hydrogen) atoms. The van der Waals surface area contributed by atoms with Crippen LogP contribution in [-0.2, 0) is 4.79 Å². The van der Waals surface area contributed by atoms with Gasteiger partial charge in [0.25, 0.3) is 0 Å². The number of carbonyl (C=O) groups excluding carboxylic acids is 1. The monoisotopic (exact) mass is 268 g/mol. The Morgan fingerprint density at radius 2 is 1.89 bits per heavy atom. The lowest BCUT2D eigenvalue weighted by atomic mass is 9.89. The van der Waals surface area contributed by atoms with Crippen LogP contribution in [0.15, 0.2) is 0 Å².